The van der Waals surface area contributed by atoms with E-state index in [0.717, 1.165) is 16.8 Å². The fourth-order valence-electron chi connectivity index (χ4n) is 2.78. The first-order valence-corrected chi connectivity index (χ1v) is 7.83. The zero-order valence-electron chi connectivity index (χ0n) is 15.4. The van der Waals surface area contributed by atoms with Crippen LogP contribution in [0.2, 0.25) is 0 Å². The summed E-state index contributed by atoms with van der Waals surface area (Å²) in [4.78, 5) is 0. The van der Waals surface area contributed by atoms with Gasteiger partial charge in [-0.3, -0.25) is 0 Å². The number of hydrogen-bond donors (Lipinski definition) is 2. The minimum Gasteiger partial charge on any atom is -1.00 e. The highest BCUT2D eigenvalue weighted by molar-refractivity contribution is 5.80. The van der Waals surface area contributed by atoms with Gasteiger partial charge in [0.05, 0.1) is 34.1 Å². The van der Waals surface area contributed by atoms with E-state index >= 15 is 0 Å². The van der Waals surface area contributed by atoms with Crippen molar-refractivity contribution in [3.63, 3.8) is 0 Å². The number of nitrogens with one attached hydrogen (secondary N) is 2. The van der Waals surface area contributed by atoms with Gasteiger partial charge in [-0.15, -0.1) is 0 Å². The Hall–Kier alpha value is -3.13. The van der Waals surface area contributed by atoms with E-state index in [1.165, 1.54) is 0 Å². The van der Waals surface area contributed by atoms with E-state index in [9.17, 15) is 0 Å². The molecule has 144 valence electrons. The van der Waals surface area contributed by atoms with Crippen molar-refractivity contribution in [1.82, 2.24) is 10.3 Å². The van der Waals surface area contributed by atoms with Gasteiger partial charge in [0.2, 0.25) is 11.4 Å². The van der Waals surface area contributed by atoms with Gasteiger partial charge in [-0.05, 0) is 30.3 Å². The maximum Gasteiger partial charge on any atom is 0.256 e. The normalized spacial score (nSPS) is 10.1. The SMILES string of the molecule is COc1ccc(-c2n[nH][nH+]c2-c2cc(OC)c(OC)c(OC)c2)cc1N.[Cl-]. The predicted octanol–water partition coefficient (Wildman–Crippen LogP) is -0.822. The van der Waals surface area contributed by atoms with E-state index in [1.54, 1.807) is 34.5 Å². The summed E-state index contributed by atoms with van der Waals surface area (Å²) in [5, 5.41) is 10.2. The Labute approximate surface area is 163 Å². The first-order valence-electron chi connectivity index (χ1n) is 7.83. The zero-order chi connectivity index (χ0) is 18.7. The molecule has 1 aromatic heterocycles. The average molecular weight is 393 g/mol. The van der Waals surface area contributed by atoms with Crippen LogP contribution in [-0.4, -0.2) is 38.8 Å². The van der Waals surface area contributed by atoms with E-state index in [1.807, 2.05) is 24.3 Å². The van der Waals surface area contributed by atoms with Crippen molar-refractivity contribution in [1.29, 1.82) is 0 Å². The molecule has 3 aromatic rings. The molecule has 4 N–H and O–H groups in total. The standard InChI is InChI=1S/C18H20N4O4.ClH/c1-23-13-6-5-10(7-12(13)19)16-17(21-22-20-16)11-8-14(24-2)18(26-4)15(9-11)25-3;/h5-9H,19H2,1-4H3,(H,20,21,22);1H. The second-order valence-corrected chi connectivity index (χ2v) is 5.44. The van der Waals surface area contributed by atoms with Gasteiger partial charge >= 0.3 is 0 Å². The third-order valence-corrected chi connectivity index (χ3v) is 4.04. The number of anilines is 1. The summed E-state index contributed by atoms with van der Waals surface area (Å²) in [7, 11) is 6.29. The molecule has 0 aliphatic carbocycles. The number of rotatable bonds is 6. The first kappa shape index (κ1) is 20.2. The van der Waals surface area contributed by atoms with Crippen LogP contribution in [0.4, 0.5) is 5.69 Å². The maximum absolute atomic E-state index is 6.03. The van der Waals surface area contributed by atoms with E-state index in [-0.39, 0.29) is 12.4 Å². The van der Waals surface area contributed by atoms with Crippen LogP contribution in [0.25, 0.3) is 22.5 Å². The number of nitrogens with two attached hydrogens (primary N) is 1. The second-order valence-electron chi connectivity index (χ2n) is 5.44. The molecule has 0 fully saturated rings. The van der Waals surface area contributed by atoms with E-state index in [2.05, 4.69) is 15.4 Å². The van der Waals surface area contributed by atoms with E-state index < -0.39 is 0 Å². The highest BCUT2D eigenvalue weighted by atomic mass is 35.5. The van der Waals surface area contributed by atoms with Crippen molar-refractivity contribution in [3.8, 4) is 45.5 Å². The molecule has 0 saturated heterocycles. The summed E-state index contributed by atoms with van der Waals surface area (Å²) in [6.07, 6.45) is 0. The van der Waals surface area contributed by atoms with Gasteiger partial charge in [0.15, 0.2) is 11.5 Å². The highest BCUT2D eigenvalue weighted by Gasteiger charge is 2.23. The number of ether oxygens (including phenoxy) is 4. The molecule has 3 rings (SSSR count). The lowest BCUT2D eigenvalue weighted by Crippen LogP contribution is -3.00. The largest absolute Gasteiger partial charge is 1.00 e. The van der Waals surface area contributed by atoms with Gasteiger partial charge in [0.25, 0.3) is 5.69 Å². The number of benzene rings is 2. The number of nitrogen functional groups attached to an aromatic ring is 1. The van der Waals surface area contributed by atoms with Crippen LogP contribution >= 0.6 is 0 Å². The van der Waals surface area contributed by atoms with Crippen molar-refractivity contribution in [3.05, 3.63) is 30.3 Å². The van der Waals surface area contributed by atoms with Crippen LogP contribution < -0.4 is 42.2 Å². The lowest BCUT2D eigenvalue weighted by atomic mass is 10.0. The fourth-order valence-corrected chi connectivity index (χ4v) is 2.78. The molecule has 9 heteroatoms. The molecule has 1 heterocycles. The Balaban J connectivity index is 0.00000261. The summed E-state index contributed by atoms with van der Waals surface area (Å²) >= 11 is 0. The lowest BCUT2D eigenvalue weighted by molar-refractivity contribution is -0.443. The smallest absolute Gasteiger partial charge is 0.256 e. The van der Waals surface area contributed by atoms with Crippen molar-refractivity contribution < 1.29 is 36.5 Å². The molecular formula is C18H21ClN4O4. The van der Waals surface area contributed by atoms with Gasteiger partial charge in [-0.2, -0.15) is 5.10 Å². The van der Waals surface area contributed by atoms with Crippen molar-refractivity contribution in [2.45, 2.75) is 0 Å². The summed E-state index contributed by atoms with van der Waals surface area (Å²) in [5.41, 5.74) is 9.67. The zero-order valence-corrected chi connectivity index (χ0v) is 16.2. The van der Waals surface area contributed by atoms with E-state index in [4.69, 9.17) is 24.7 Å². The molecular weight excluding hydrogens is 372 g/mol. The number of hydrogen-bond acceptors (Lipinski definition) is 6. The molecule has 2 aromatic carbocycles. The molecule has 0 saturated carbocycles. The van der Waals surface area contributed by atoms with Gasteiger partial charge in [-0.1, -0.05) is 5.21 Å². The van der Waals surface area contributed by atoms with Crippen LogP contribution in [-0.2, 0) is 0 Å². The van der Waals surface area contributed by atoms with Crippen LogP contribution in [0.5, 0.6) is 23.0 Å². The van der Waals surface area contributed by atoms with Gasteiger partial charge < -0.3 is 37.1 Å². The average Bonchev–Trinajstić information content (AvgIpc) is 3.16. The third kappa shape index (κ3) is 3.70. The molecule has 27 heavy (non-hydrogen) atoms. The van der Waals surface area contributed by atoms with Crippen LogP contribution in [0, 0.1) is 0 Å². The molecule has 0 amide bonds. The van der Waals surface area contributed by atoms with Crippen molar-refractivity contribution in [2.75, 3.05) is 34.2 Å². The Morgan fingerprint density at radius 1 is 0.852 bits per heavy atom. The summed E-state index contributed by atoms with van der Waals surface area (Å²) in [5.74, 6) is 2.24. The third-order valence-electron chi connectivity index (χ3n) is 4.04. The Morgan fingerprint density at radius 3 is 2.00 bits per heavy atom. The number of aromatic amines is 2. The summed E-state index contributed by atoms with van der Waals surface area (Å²) in [6.45, 7) is 0. The fraction of sp³-hybridized carbons (Fsp3) is 0.222. The molecule has 0 unspecified atom stereocenters. The number of aromatic nitrogens is 3. The number of nitrogens with zero attached hydrogens (tertiary/aromatic N) is 1. The first-order chi connectivity index (χ1) is 12.6. The topological polar surface area (TPSA) is 106 Å². The molecule has 0 atom stereocenters. The quantitative estimate of drug-likeness (QED) is 0.531. The molecule has 0 aliphatic heterocycles. The predicted molar refractivity (Wildman–Crippen MR) is 96.6 cm³/mol. The minimum atomic E-state index is 0. The molecule has 8 nitrogen and oxygen atoms in total. The van der Waals surface area contributed by atoms with E-state index in [0.29, 0.717) is 34.4 Å². The molecule has 0 radical (unpaired) electrons. The van der Waals surface area contributed by atoms with Gasteiger partial charge in [-0.25, -0.2) is 0 Å². The van der Waals surface area contributed by atoms with Crippen molar-refractivity contribution >= 4 is 5.69 Å². The Morgan fingerprint density at radius 2 is 1.48 bits per heavy atom. The molecule has 0 aliphatic rings. The molecule has 0 spiro atoms. The Bertz CT molecular complexity index is 904. The highest BCUT2D eigenvalue weighted by Crippen LogP contribution is 2.42. The Kier molecular flexibility index (Phi) is 6.36. The number of H-pyrrole nitrogens is 2. The minimum absolute atomic E-state index is 0. The summed E-state index contributed by atoms with van der Waals surface area (Å²) < 4.78 is 21.4. The van der Waals surface area contributed by atoms with Crippen LogP contribution in [0.15, 0.2) is 30.3 Å². The maximum atomic E-state index is 6.03. The monoisotopic (exact) mass is 392 g/mol. The number of methoxy groups -OCH3 is 4. The van der Waals surface area contributed by atoms with Crippen LogP contribution in [0.3, 0.4) is 0 Å². The van der Waals surface area contributed by atoms with Crippen molar-refractivity contribution in [2.24, 2.45) is 0 Å². The van der Waals surface area contributed by atoms with Crippen LogP contribution in [0.1, 0.15) is 0 Å². The molecule has 0 bridgehead atoms. The summed E-state index contributed by atoms with van der Waals surface area (Å²) in [6, 6.07) is 9.20. The van der Waals surface area contributed by atoms with Gasteiger partial charge in [0.1, 0.15) is 5.75 Å². The van der Waals surface area contributed by atoms with Gasteiger partial charge in [0, 0.05) is 16.2 Å². The number of halogens is 1. The lowest BCUT2D eigenvalue weighted by Gasteiger charge is -2.13. The second kappa shape index (κ2) is 8.50.